The highest BCUT2D eigenvalue weighted by Gasteiger charge is 2.38. The fourth-order valence-corrected chi connectivity index (χ4v) is 3.30. The summed E-state index contributed by atoms with van der Waals surface area (Å²) in [6, 6.07) is 3.78. The van der Waals surface area contributed by atoms with E-state index in [1.165, 1.54) is 12.8 Å². The summed E-state index contributed by atoms with van der Waals surface area (Å²) in [5.41, 5.74) is 0.623. The molecule has 1 aliphatic carbocycles. The van der Waals surface area contributed by atoms with Gasteiger partial charge in [0.25, 0.3) is 0 Å². The molecule has 2 fully saturated rings. The molecule has 1 atom stereocenters. The number of methoxy groups -OCH3 is 1. The molecule has 22 heavy (non-hydrogen) atoms. The highest BCUT2D eigenvalue weighted by atomic mass is 16.5. The lowest BCUT2D eigenvalue weighted by Gasteiger charge is -2.23. The first kappa shape index (κ1) is 14.8. The molecule has 2 heterocycles. The zero-order valence-electron chi connectivity index (χ0n) is 12.7. The van der Waals surface area contributed by atoms with E-state index in [1.807, 2.05) is 4.90 Å². The highest BCUT2D eigenvalue weighted by molar-refractivity contribution is 5.97. The Balaban J connectivity index is 1.59. The Morgan fingerprint density at radius 2 is 2.14 bits per heavy atom. The third-order valence-corrected chi connectivity index (χ3v) is 4.51. The Kier molecular flexibility index (Phi) is 4.27. The van der Waals surface area contributed by atoms with Crippen molar-refractivity contribution in [3.63, 3.8) is 0 Å². The molecule has 1 unspecified atom stereocenters. The van der Waals surface area contributed by atoms with Crippen LogP contribution >= 0.6 is 0 Å². The van der Waals surface area contributed by atoms with Gasteiger partial charge in [-0.25, -0.2) is 4.98 Å². The maximum Gasteiger partial charge on any atom is 0.229 e. The topological polar surface area (TPSA) is 71.5 Å². The van der Waals surface area contributed by atoms with E-state index in [2.05, 4.69) is 10.3 Å². The molecular weight excluding hydrogens is 282 g/mol. The van der Waals surface area contributed by atoms with Crippen molar-refractivity contribution >= 4 is 17.5 Å². The number of carbonyl (C=O) groups is 2. The van der Waals surface area contributed by atoms with Crippen LogP contribution in [-0.2, 0) is 9.59 Å². The lowest BCUT2D eigenvalue weighted by molar-refractivity contribution is -0.129. The number of amides is 2. The summed E-state index contributed by atoms with van der Waals surface area (Å²) < 4.78 is 4.98. The maximum atomic E-state index is 12.3. The van der Waals surface area contributed by atoms with Gasteiger partial charge in [-0.1, -0.05) is 12.8 Å². The second-order valence-corrected chi connectivity index (χ2v) is 5.96. The third kappa shape index (κ3) is 3.05. The zero-order valence-corrected chi connectivity index (χ0v) is 12.7. The fourth-order valence-electron chi connectivity index (χ4n) is 3.30. The maximum absolute atomic E-state index is 12.3. The van der Waals surface area contributed by atoms with Gasteiger partial charge in [0.2, 0.25) is 17.7 Å². The van der Waals surface area contributed by atoms with Crippen LogP contribution in [0.25, 0.3) is 0 Å². The van der Waals surface area contributed by atoms with Gasteiger partial charge in [-0.3, -0.25) is 9.59 Å². The van der Waals surface area contributed by atoms with Gasteiger partial charge in [0.05, 0.1) is 24.9 Å². The second-order valence-electron chi connectivity index (χ2n) is 5.96. The lowest BCUT2D eigenvalue weighted by atomic mass is 10.1. The summed E-state index contributed by atoms with van der Waals surface area (Å²) in [5.74, 6) is 0.234. The van der Waals surface area contributed by atoms with Crippen LogP contribution in [-0.4, -0.2) is 41.4 Å². The first-order valence-corrected chi connectivity index (χ1v) is 7.78. The van der Waals surface area contributed by atoms with Gasteiger partial charge in [0.1, 0.15) is 0 Å². The minimum absolute atomic E-state index is 0.110. The van der Waals surface area contributed by atoms with Gasteiger partial charge in [0.15, 0.2) is 0 Å². The van der Waals surface area contributed by atoms with Crippen molar-refractivity contribution in [3.8, 4) is 5.88 Å². The molecule has 1 aliphatic heterocycles. The Bertz CT molecular complexity index is 552. The molecular formula is C16H21N3O3. The number of likely N-dealkylation sites (tertiary alicyclic amines) is 1. The van der Waals surface area contributed by atoms with Crippen molar-refractivity contribution in [1.82, 2.24) is 9.88 Å². The molecule has 3 rings (SSSR count). The molecule has 0 spiro atoms. The number of nitrogens with zero attached hydrogens (tertiary/aromatic N) is 2. The first-order valence-electron chi connectivity index (χ1n) is 7.78. The van der Waals surface area contributed by atoms with Gasteiger partial charge in [-0.05, 0) is 18.9 Å². The van der Waals surface area contributed by atoms with Crippen molar-refractivity contribution in [1.29, 1.82) is 0 Å². The number of hydrogen-bond acceptors (Lipinski definition) is 4. The van der Waals surface area contributed by atoms with Crippen LogP contribution in [0.4, 0.5) is 5.69 Å². The minimum Gasteiger partial charge on any atom is -0.481 e. The van der Waals surface area contributed by atoms with E-state index < -0.39 is 0 Å². The third-order valence-electron chi connectivity index (χ3n) is 4.51. The monoisotopic (exact) mass is 303 g/mol. The number of hydrogen-bond donors (Lipinski definition) is 1. The summed E-state index contributed by atoms with van der Waals surface area (Å²) in [4.78, 5) is 30.4. The number of carbonyl (C=O) groups excluding carboxylic acids is 2. The van der Waals surface area contributed by atoms with Crippen LogP contribution in [0.2, 0.25) is 0 Å². The van der Waals surface area contributed by atoms with E-state index in [0.29, 0.717) is 30.6 Å². The molecule has 2 amide bonds. The fraction of sp³-hybridized carbons (Fsp3) is 0.562. The minimum atomic E-state index is -0.268. The van der Waals surface area contributed by atoms with Gasteiger partial charge in [-0.2, -0.15) is 0 Å². The SMILES string of the molecule is COc1ccc(NC(=O)C2CC(=O)N(C3CCCC3)C2)cn1. The van der Waals surface area contributed by atoms with Gasteiger partial charge in [0, 0.05) is 25.1 Å². The zero-order chi connectivity index (χ0) is 15.5. The Morgan fingerprint density at radius 3 is 2.77 bits per heavy atom. The molecule has 1 aromatic heterocycles. The van der Waals surface area contributed by atoms with E-state index >= 15 is 0 Å². The van der Waals surface area contributed by atoms with Crippen LogP contribution in [0.15, 0.2) is 18.3 Å². The molecule has 1 aromatic rings. The molecule has 2 aliphatic rings. The van der Waals surface area contributed by atoms with E-state index in [1.54, 1.807) is 25.4 Å². The average molecular weight is 303 g/mol. The van der Waals surface area contributed by atoms with Gasteiger partial charge < -0.3 is 15.0 Å². The van der Waals surface area contributed by atoms with Crippen LogP contribution in [0, 0.1) is 5.92 Å². The van der Waals surface area contributed by atoms with Crippen molar-refractivity contribution in [2.45, 2.75) is 38.1 Å². The molecule has 118 valence electrons. The van der Waals surface area contributed by atoms with Crippen LogP contribution in [0.1, 0.15) is 32.1 Å². The number of rotatable bonds is 4. The van der Waals surface area contributed by atoms with Crippen molar-refractivity contribution < 1.29 is 14.3 Å². The summed E-state index contributed by atoms with van der Waals surface area (Å²) in [5, 5.41) is 2.83. The summed E-state index contributed by atoms with van der Waals surface area (Å²) in [6.07, 6.45) is 6.38. The Labute approximate surface area is 129 Å². The standard InChI is InChI=1S/C16H21N3O3/c1-22-14-7-6-12(9-17-14)18-16(21)11-8-15(20)19(10-11)13-4-2-3-5-13/h6-7,9,11,13H,2-5,8,10H2,1H3,(H,18,21). The lowest BCUT2D eigenvalue weighted by Crippen LogP contribution is -2.35. The van der Waals surface area contributed by atoms with E-state index in [9.17, 15) is 9.59 Å². The van der Waals surface area contributed by atoms with Crippen LogP contribution in [0.5, 0.6) is 5.88 Å². The normalized spacial score (nSPS) is 22.1. The van der Waals surface area contributed by atoms with E-state index in [0.717, 1.165) is 12.8 Å². The molecule has 0 bridgehead atoms. The van der Waals surface area contributed by atoms with Gasteiger partial charge >= 0.3 is 0 Å². The largest absolute Gasteiger partial charge is 0.481 e. The van der Waals surface area contributed by atoms with Crippen molar-refractivity contribution in [2.24, 2.45) is 5.92 Å². The molecule has 1 saturated heterocycles. The van der Waals surface area contributed by atoms with Crippen molar-refractivity contribution in [3.05, 3.63) is 18.3 Å². The number of ether oxygens (including phenoxy) is 1. The Hall–Kier alpha value is -2.11. The molecule has 0 radical (unpaired) electrons. The first-order chi connectivity index (χ1) is 10.7. The van der Waals surface area contributed by atoms with E-state index in [-0.39, 0.29) is 17.7 Å². The number of nitrogens with one attached hydrogen (secondary N) is 1. The summed E-state index contributed by atoms with van der Waals surface area (Å²) in [7, 11) is 1.54. The predicted molar refractivity (Wildman–Crippen MR) is 81.5 cm³/mol. The molecule has 6 heteroatoms. The molecule has 6 nitrogen and oxygen atoms in total. The number of pyridine rings is 1. The molecule has 0 aromatic carbocycles. The highest BCUT2D eigenvalue weighted by Crippen LogP contribution is 2.29. The average Bonchev–Trinajstić information content (AvgIpc) is 3.17. The van der Waals surface area contributed by atoms with Gasteiger partial charge in [-0.15, -0.1) is 0 Å². The number of aromatic nitrogens is 1. The van der Waals surface area contributed by atoms with Crippen LogP contribution in [0.3, 0.4) is 0 Å². The Morgan fingerprint density at radius 1 is 1.36 bits per heavy atom. The van der Waals surface area contributed by atoms with E-state index in [4.69, 9.17) is 4.74 Å². The summed E-state index contributed by atoms with van der Waals surface area (Å²) in [6.45, 7) is 0.541. The predicted octanol–water partition coefficient (Wildman–Crippen LogP) is 1.82. The molecule has 1 saturated carbocycles. The van der Waals surface area contributed by atoms with Crippen molar-refractivity contribution in [2.75, 3.05) is 19.0 Å². The quantitative estimate of drug-likeness (QED) is 0.921. The van der Waals surface area contributed by atoms with Crippen LogP contribution < -0.4 is 10.1 Å². The number of anilines is 1. The smallest absolute Gasteiger partial charge is 0.229 e. The summed E-state index contributed by atoms with van der Waals surface area (Å²) >= 11 is 0. The molecule has 1 N–H and O–H groups in total. The second kappa shape index (κ2) is 6.34.